The van der Waals surface area contributed by atoms with E-state index in [4.69, 9.17) is 17.3 Å². The smallest absolute Gasteiger partial charge is 0.353 e. The summed E-state index contributed by atoms with van der Waals surface area (Å²) < 4.78 is 12.2. The fraction of sp³-hybridized carbons (Fsp3) is 0.438. The molecule has 0 aromatic heterocycles. The first-order valence-electron chi connectivity index (χ1n) is 7.35. The van der Waals surface area contributed by atoms with Gasteiger partial charge in [-0.15, -0.1) is 0 Å². The number of carbonyl (C=O) groups is 1. The van der Waals surface area contributed by atoms with Crippen LogP contribution < -0.4 is 5.73 Å². The molecular formula is C16H23ClFN3O2. The summed E-state index contributed by atoms with van der Waals surface area (Å²) in [6.45, 7) is 10.4. The zero-order valence-electron chi connectivity index (χ0n) is 13.3. The first-order valence-corrected chi connectivity index (χ1v) is 7.73. The minimum absolute atomic E-state index is 0.0838. The molecule has 1 amide bonds. The summed E-state index contributed by atoms with van der Waals surface area (Å²) in [4.78, 5) is 18.0. The standard InChI is InChI=1S/C16H23ClFN3O2/c1-4-6-7-13(17)14(5-2)21-9-8-20(16(22)23-18)11-12(3)10-15(21)19/h4-7,12,15H,1-2,8-11,19H2,3H3/b7-6-,14-13-. The van der Waals surface area contributed by atoms with Gasteiger partial charge in [0, 0.05) is 24.2 Å². The van der Waals surface area contributed by atoms with Crippen LogP contribution in [0.1, 0.15) is 13.3 Å². The SMILES string of the molecule is C=C/C=C\C(Cl)=C(/C=C)N1CCN(C(=O)OF)CC(C)CC1N. The third-order valence-electron chi connectivity index (χ3n) is 3.64. The van der Waals surface area contributed by atoms with Gasteiger partial charge in [-0.3, -0.25) is 0 Å². The van der Waals surface area contributed by atoms with Gasteiger partial charge < -0.3 is 15.5 Å². The number of allylic oxidation sites excluding steroid dienone is 5. The van der Waals surface area contributed by atoms with Crippen LogP contribution >= 0.6 is 11.6 Å². The number of halogens is 2. The maximum atomic E-state index is 12.2. The van der Waals surface area contributed by atoms with Gasteiger partial charge in [0.05, 0.1) is 16.9 Å². The number of carbonyl (C=O) groups excluding carboxylic acids is 1. The highest BCUT2D eigenvalue weighted by Crippen LogP contribution is 2.23. The van der Waals surface area contributed by atoms with Crippen LogP contribution in [0, 0.1) is 5.92 Å². The van der Waals surface area contributed by atoms with Gasteiger partial charge >= 0.3 is 6.09 Å². The molecule has 2 unspecified atom stereocenters. The number of nitrogens with two attached hydrogens (primary N) is 1. The number of hydrogen-bond donors (Lipinski definition) is 1. The van der Waals surface area contributed by atoms with Crippen LogP contribution in [0.5, 0.6) is 0 Å². The van der Waals surface area contributed by atoms with E-state index < -0.39 is 6.09 Å². The van der Waals surface area contributed by atoms with E-state index in [0.717, 1.165) is 0 Å². The lowest BCUT2D eigenvalue weighted by Gasteiger charge is -2.38. The van der Waals surface area contributed by atoms with E-state index in [1.54, 1.807) is 24.3 Å². The van der Waals surface area contributed by atoms with E-state index in [-0.39, 0.29) is 18.6 Å². The van der Waals surface area contributed by atoms with Crippen LogP contribution in [0.4, 0.5) is 9.32 Å². The summed E-state index contributed by atoms with van der Waals surface area (Å²) in [5.74, 6) is 0.0838. The largest absolute Gasteiger partial charge is 0.447 e. The van der Waals surface area contributed by atoms with Gasteiger partial charge in [0.25, 0.3) is 0 Å². The zero-order chi connectivity index (χ0) is 17.4. The molecule has 23 heavy (non-hydrogen) atoms. The molecule has 1 rings (SSSR count). The monoisotopic (exact) mass is 343 g/mol. The Kier molecular flexibility index (Phi) is 7.85. The predicted octanol–water partition coefficient (Wildman–Crippen LogP) is 3.31. The van der Waals surface area contributed by atoms with E-state index in [2.05, 4.69) is 18.1 Å². The molecule has 1 fully saturated rings. The summed E-state index contributed by atoms with van der Waals surface area (Å²) >= 11 is 6.29. The van der Waals surface area contributed by atoms with Gasteiger partial charge in [-0.1, -0.05) is 43.8 Å². The Morgan fingerprint density at radius 3 is 2.70 bits per heavy atom. The number of amides is 1. The molecule has 0 saturated carbocycles. The summed E-state index contributed by atoms with van der Waals surface area (Å²) in [6.07, 6.45) is 5.95. The third-order valence-corrected chi connectivity index (χ3v) is 3.96. The average molecular weight is 344 g/mol. The highest BCUT2D eigenvalue weighted by molar-refractivity contribution is 6.31. The molecule has 0 spiro atoms. The fourth-order valence-electron chi connectivity index (χ4n) is 2.58. The first-order chi connectivity index (χ1) is 10.9. The van der Waals surface area contributed by atoms with E-state index in [1.165, 1.54) is 4.90 Å². The fourth-order valence-corrected chi connectivity index (χ4v) is 2.84. The van der Waals surface area contributed by atoms with Crippen LogP contribution in [0.3, 0.4) is 0 Å². The lowest BCUT2D eigenvalue weighted by molar-refractivity contribution is -0.0824. The Balaban J connectivity index is 3.06. The maximum Gasteiger partial charge on any atom is 0.447 e. The van der Waals surface area contributed by atoms with Crippen molar-refractivity contribution in [2.24, 2.45) is 11.7 Å². The topological polar surface area (TPSA) is 58.8 Å². The highest BCUT2D eigenvalue weighted by atomic mass is 35.5. The second-order valence-electron chi connectivity index (χ2n) is 5.42. The summed E-state index contributed by atoms with van der Waals surface area (Å²) in [7, 11) is 0. The molecule has 0 aromatic rings. The quantitative estimate of drug-likeness (QED) is 0.795. The minimum Gasteiger partial charge on any atom is -0.353 e. The molecule has 1 aliphatic rings. The Morgan fingerprint density at radius 1 is 1.43 bits per heavy atom. The molecular weight excluding hydrogens is 321 g/mol. The van der Waals surface area contributed by atoms with Crippen molar-refractivity contribution in [2.75, 3.05) is 19.6 Å². The van der Waals surface area contributed by atoms with E-state index in [9.17, 15) is 9.32 Å². The van der Waals surface area contributed by atoms with Crippen LogP contribution in [0.2, 0.25) is 0 Å². The predicted molar refractivity (Wildman–Crippen MR) is 90.0 cm³/mol. The Morgan fingerprint density at radius 2 is 2.13 bits per heavy atom. The summed E-state index contributed by atoms with van der Waals surface area (Å²) in [6, 6.07) is 0. The van der Waals surface area contributed by atoms with Gasteiger partial charge in [0.1, 0.15) is 0 Å². The third kappa shape index (κ3) is 5.41. The molecule has 0 radical (unpaired) electrons. The molecule has 0 bridgehead atoms. The highest BCUT2D eigenvalue weighted by Gasteiger charge is 2.27. The first kappa shape index (κ1) is 19.3. The van der Waals surface area contributed by atoms with E-state index in [0.29, 0.717) is 30.2 Å². The second-order valence-corrected chi connectivity index (χ2v) is 5.83. The van der Waals surface area contributed by atoms with Crippen molar-refractivity contribution in [1.29, 1.82) is 0 Å². The number of rotatable bonds is 4. The van der Waals surface area contributed by atoms with Crippen LogP contribution in [-0.4, -0.2) is 41.7 Å². The second kappa shape index (κ2) is 9.37. The lowest BCUT2D eigenvalue weighted by atomic mass is 10.0. The number of nitrogens with zero attached hydrogens (tertiary/aromatic N) is 2. The maximum absolute atomic E-state index is 12.2. The summed E-state index contributed by atoms with van der Waals surface area (Å²) in [5.41, 5.74) is 6.92. The molecule has 0 aliphatic carbocycles. The van der Waals surface area contributed by atoms with E-state index >= 15 is 0 Å². The van der Waals surface area contributed by atoms with Gasteiger partial charge in [0.2, 0.25) is 0 Å². The molecule has 2 atom stereocenters. The van der Waals surface area contributed by atoms with Crippen LogP contribution in [-0.2, 0) is 4.94 Å². The van der Waals surface area contributed by atoms with Gasteiger partial charge in [-0.2, -0.15) is 0 Å². The normalized spacial score (nSPS) is 23.8. The van der Waals surface area contributed by atoms with Crippen LogP contribution in [0.25, 0.3) is 0 Å². The van der Waals surface area contributed by atoms with Crippen molar-refractivity contribution in [3.8, 4) is 0 Å². The van der Waals surface area contributed by atoms with Gasteiger partial charge in [-0.05, 0) is 24.5 Å². The van der Waals surface area contributed by atoms with Crippen molar-refractivity contribution in [3.05, 3.63) is 48.2 Å². The van der Waals surface area contributed by atoms with Crippen molar-refractivity contribution < 1.29 is 14.3 Å². The molecule has 1 saturated heterocycles. The average Bonchev–Trinajstić information content (AvgIpc) is 2.52. The number of hydrogen-bond acceptors (Lipinski definition) is 4. The molecule has 1 aliphatic heterocycles. The Labute approximate surface area is 141 Å². The van der Waals surface area contributed by atoms with Crippen molar-refractivity contribution in [3.63, 3.8) is 0 Å². The van der Waals surface area contributed by atoms with E-state index in [1.807, 2.05) is 11.8 Å². The van der Waals surface area contributed by atoms with Gasteiger partial charge in [-0.25, -0.2) is 9.74 Å². The Hall–Kier alpha value is -1.79. The minimum atomic E-state index is -0.992. The molecule has 0 aromatic carbocycles. The van der Waals surface area contributed by atoms with Crippen LogP contribution in [0.15, 0.2) is 48.2 Å². The van der Waals surface area contributed by atoms with Crippen molar-refractivity contribution in [2.45, 2.75) is 19.5 Å². The molecule has 1 heterocycles. The lowest BCUT2D eigenvalue weighted by Crippen LogP contribution is -2.50. The summed E-state index contributed by atoms with van der Waals surface area (Å²) in [5, 5.41) is 0.461. The molecule has 7 heteroatoms. The molecule has 5 nitrogen and oxygen atoms in total. The zero-order valence-corrected chi connectivity index (χ0v) is 14.0. The van der Waals surface area contributed by atoms with Crippen molar-refractivity contribution in [1.82, 2.24) is 9.80 Å². The Bertz CT molecular complexity index is 508. The molecule has 128 valence electrons. The van der Waals surface area contributed by atoms with Gasteiger partial charge in [0.15, 0.2) is 0 Å². The van der Waals surface area contributed by atoms with Crippen molar-refractivity contribution >= 4 is 17.7 Å². The molecule has 2 N–H and O–H groups in total.